The average Bonchev–Trinajstić information content (AvgIpc) is 3.59. The van der Waals surface area contributed by atoms with Crippen LogP contribution in [0.5, 0.6) is 0 Å². The Balaban J connectivity index is 1.87. The fourth-order valence-electron chi connectivity index (χ4n) is 6.14. The summed E-state index contributed by atoms with van der Waals surface area (Å²) in [6, 6.07) is 6.03. The molecule has 4 amide bonds. The molecule has 13 nitrogen and oxygen atoms in total. The van der Waals surface area contributed by atoms with Crippen LogP contribution in [-0.4, -0.2) is 91.9 Å². The van der Waals surface area contributed by atoms with Crippen molar-refractivity contribution in [1.29, 1.82) is 0 Å². The number of rotatable bonds is 18. The van der Waals surface area contributed by atoms with E-state index in [0.717, 1.165) is 37.7 Å². The van der Waals surface area contributed by atoms with Crippen molar-refractivity contribution in [2.24, 2.45) is 11.8 Å². The zero-order chi connectivity index (χ0) is 37.6. The van der Waals surface area contributed by atoms with Gasteiger partial charge < -0.3 is 41.2 Å². The zero-order valence-corrected chi connectivity index (χ0v) is 31.3. The number of benzene rings is 1. The number of aromatic nitrogens is 2. The van der Waals surface area contributed by atoms with E-state index >= 15 is 0 Å². The van der Waals surface area contributed by atoms with Crippen molar-refractivity contribution in [3.8, 4) is 0 Å². The molecule has 0 unspecified atom stereocenters. The first-order valence-electron chi connectivity index (χ1n) is 17.9. The Kier molecular flexibility index (Phi) is 16.2. The Morgan fingerprint density at radius 2 is 1.63 bits per heavy atom. The van der Waals surface area contributed by atoms with Crippen LogP contribution in [0.1, 0.15) is 90.8 Å². The fourth-order valence-corrected chi connectivity index (χ4v) is 6.37. The highest BCUT2D eigenvalue weighted by Gasteiger charge is 2.41. The molecule has 1 fully saturated rings. The fraction of sp³-hybridized carbons (Fsp3) is 0.649. The van der Waals surface area contributed by atoms with Gasteiger partial charge in [0, 0.05) is 37.7 Å². The second-order valence-electron chi connectivity index (χ2n) is 15.1. The lowest BCUT2D eigenvalue weighted by Crippen LogP contribution is -2.59. The van der Waals surface area contributed by atoms with Gasteiger partial charge in [-0.15, -0.1) is 11.6 Å². The van der Waals surface area contributed by atoms with E-state index in [1.165, 1.54) is 12.5 Å². The molecule has 51 heavy (non-hydrogen) atoms. The number of hydrogen-bond donors (Lipinski definition) is 7. The van der Waals surface area contributed by atoms with Crippen LogP contribution in [0.25, 0.3) is 0 Å². The van der Waals surface area contributed by atoms with Gasteiger partial charge in [0.2, 0.25) is 11.8 Å². The molecule has 14 heteroatoms. The number of nitrogens with one attached hydrogen (secondary N) is 5. The highest BCUT2D eigenvalue weighted by molar-refractivity contribution is 6.20. The van der Waals surface area contributed by atoms with Gasteiger partial charge in [-0.2, -0.15) is 0 Å². The van der Waals surface area contributed by atoms with E-state index in [2.05, 4.69) is 31.2 Å². The molecule has 0 bridgehead atoms. The predicted octanol–water partition coefficient (Wildman–Crippen LogP) is 3.52. The first-order chi connectivity index (χ1) is 24.1. The quantitative estimate of drug-likeness (QED) is 0.113. The van der Waals surface area contributed by atoms with Crippen molar-refractivity contribution in [3.63, 3.8) is 0 Å². The van der Waals surface area contributed by atoms with Crippen LogP contribution in [0, 0.1) is 11.8 Å². The van der Waals surface area contributed by atoms with Gasteiger partial charge in [0.15, 0.2) is 5.60 Å². The van der Waals surface area contributed by atoms with E-state index in [1.54, 1.807) is 20.8 Å². The molecule has 1 aliphatic carbocycles. The monoisotopic (exact) mass is 732 g/mol. The van der Waals surface area contributed by atoms with Crippen LogP contribution in [0.15, 0.2) is 42.9 Å². The van der Waals surface area contributed by atoms with Gasteiger partial charge in [-0.05, 0) is 44.6 Å². The van der Waals surface area contributed by atoms with Gasteiger partial charge in [-0.25, -0.2) is 9.78 Å². The van der Waals surface area contributed by atoms with Gasteiger partial charge in [-0.1, -0.05) is 76.3 Å². The molecule has 1 heterocycles. The molecule has 0 saturated heterocycles. The van der Waals surface area contributed by atoms with E-state index in [4.69, 9.17) is 16.3 Å². The number of nitrogens with zero attached hydrogens (tertiary/aromatic N) is 1. The number of imidazole rings is 1. The van der Waals surface area contributed by atoms with Gasteiger partial charge >= 0.3 is 6.09 Å². The smallest absolute Gasteiger partial charge is 0.408 e. The Hall–Kier alpha value is -3.68. The summed E-state index contributed by atoms with van der Waals surface area (Å²) in [6.07, 6.45) is 6.01. The van der Waals surface area contributed by atoms with Crippen LogP contribution in [0.2, 0.25) is 0 Å². The highest BCUT2D eigenvalue weighted by atomic mass is 35.5. The zero-order valence-electron chi connectivity index (χ0n) is 30.5. The first-order valence-corrected chi connectivity index (χ1v) is 18.5. The maximum Gasteiger partial charge on any atom is 0.408 e. The summed E-state index contributed by atoms with van der Waals surface area (Å²) in [5.74, 6) is -2.03. The summed E-state index contributed by atoms with van der Waals surface area (Å²) >= 11 is 6.11. The van der Waals surface area contributed by atoms with Crippen LogP contribution in [0.4, 0.5) is 4.79 Å². The number of halogens is 1. The first kappa shape index (κ1) is 41.7. The topological polar surface area (TPSA) is 195 Å². The maximum absolute atomic E-state index is 14.1. The number of amides is 4. The molecule has 0 aliphatic heterocycles. The molecule has 0 spiro atoms. The third kappa shape index (κ3) is 14.5. The Bertz CT molecular complexity index is 1380. The molecule has 0 radical (unpaired) electrons. The third-order valence-electron chi connectivity index (χ3n) is 8.87. The average molecular weight is 733 g/mol. The number of hydrogen-bond acceptors (Lipinski definition) is 8. The molecule has 1 aromatic heterocycles. The Labute approximate surface area is 306 Å². The van der Waals surface area contributed by atoms with E-state index < -0.39 is 71.5 Å². The number of alkyl halides is 1. The molecule has 5 atom stereocenters. The summed E-state index contributed by atoms with van der Waals surface area (Å²) in [4.78, 5) is 60.9. The predicted molar refractivity (Wildman–Crippen MR) is 195 cm³/mol. The Morgan fingerprint density at radius 3 is 2.22 bits per heavy atom. The molecule has 7 N–H and O–H groups in total. The van der Waals surface area contributed by atoms with Gasteiger partial charge in [0.1, 0.15) is 17.7 Å². The molecule has 1 aromatic carbocycles. The van der Waals surface area contributed by atoms with E-state index in [1.807, 2.05) is 44.2 Å². The number of aliphatic hydroxyl groups excluding tert-OH is 1. The van der Waals surface area contributed by atoms with Crippen molar-refractivity contribution in [1.82, 2.24) is 31.2 Å². The lowest BCUT2D eigenvalue weighted by Gasteiger charge is -2.35. The van der Waals surface area contributed by atoms with Crippen molar-refractivity contribution < 1.29 is 34.1 Å². The summed E-state index contributed by atoms with van der Waals surface area (Å²) in [5.41, 5.74) is -1.53. The molecule has 284 valence electrons. The molecule has 1 saturated carbocycles. The highest BCUT2D eigenvalue weighted by Crippen LogP contribution is 2.30. The minimum absolute atomic E-state index is 0.0253. The van der Waals surface area contributed by atoms with Crippen LogP contribution >= 0.6 is 11.6 Å². The van der Waals surface area contributed by atoms with Crippen LogP contribution in [-0.2, 0) is 32.0 Å². The van der Waals surface area contributed by atoms with Crippen molar-refractivity contribution >= 4 is 35.4 Å². The molecule has 1 aliphatic rings. The summed E-state index contributed by atoms with van der Waals surface area (Å²) in [6.45, 7) is 9.30. The Morgan fingerprint density at radius 1 is 0.980 bits per heavy atom. The van der Waals surface area contributed by atoms with Crippen molar-refractivity contribution in [2.45, 2.75) is 128 Å². The van der Waals surface area contributed by atoms with E-state index in [9.17, 15) is 29.4 Å². The van der Waals surface area contributed by atoms with Gasteiger partial charge in [0.25, 0.3) is 5.91 Å². The number of carbonyl (C=O) groups is 4. The number of ether oxygens (including phenoxy) is 1. The molecular weight excluding hydrogens is 676 g/mol. The number of H-pyrrole nitrogens is 1. The maximum atomic E-state index is 14.1. The van der Waals surface area contributed by atoms with E-state index in [-0.39, 0.29) is 24.7 Å². The number of carbonyl (C=O) groups excluding carboxylic acids is 4. The summed E-state index contributed by atoms with van der Waals surface area (Å²) in [5, 5.41) is 33.9. The number of alkyl carbamates (subject to hydrolysis) is 1. The molecule has 3 rings (SSSR count). The number of aliphatic hydroxyl groups is 2. The largest absolute Gasteiger partial charge is 0.444 e. The SMILES string of the molecule is CC(C)CNC(=O)[C@@](O)(CCl)C[C@H](O)[C@H](CC1CCCCC1)NC(=O)[C@H](Cc1cnc[nH]1)NC(=O)[C@H](Cc1ccccc1)NC(=O)OC(C)(C)C. The third-order valence-corrected chi connectivity index (χ3v) is 9.31. The number of aromatic amines is 1. The van der Waals surface area contributed by atoms with Gasteiger partial charge in [0.05, 0.1) is 24.4 Å². The van der Waals surface area contributed by atoms with Crippen molar-refractivity contribution in [3.05, 3.63) is 54.1 Å². The van der Waals surface area contributed by atoms with Crippen LogP contribution < -0.4 is 21.3 Å². The lowest BCUT2D eigenvalue weighted by molar-refractivity contribution is -0.141. The van der Waals surface area contributed by atoms with E-state index in [0.29, 0.717) is 18.7 Å². The second-order valence-corrected chi connectivity index (χ2v) is 15.4. The standard InChI is InChI=1S/C37H57ClN6O7/c1-24(2)20-40-34(48)37(50,22-38)19-31(45)28(16-25-12-8-6-9-13-25)42-33(47)30(18-27-21-39-23-41-27)43-32(46)29(17-26-14-10-7-11-15-26)44-35(49)51-36(3,4)5/h7,10-11,14-15,21,23-25,28-31,45,50H,6,8-9,12-13,16-20,22H2,1-5H3,(H,39,41)(H,40,48)(H,42,47)(H,43,46)(H,44,49)/t28-,29-,30-,31-,37-/m0/s1. The van der Waals surface area contributed by atoms with Gasteiger partial charge in [-0.3, -0.25) is 14.4 Å². The minimum Gasteiger partial charge on any atom is -0.444 e. The normalized spacial score (nSPS) is 17.4. The molecular formula is C37H57ClN6O7. The molecule has 2 aromatic rings. The van der Waals surface area contributed by atoms with Crippen LogP contribution in [0.3, 0.4) is 0 Å². The summed E-state index contributed by atoms with van der Waals surface area (Å²) < 4.78 is 5.43. The summed E-state index contributed by atoms with van der Waals surface area (Å²) in [7, 11) is 0. The minimum atomic E-state index is -2.08. The lowest BCUT2D eigenvalue weighted by atomic mass is 9.82. The van der Waals surface area contributed by atoms with Crippen molar-refractivity contribution in [2.75, 3.05) is 12.4 Å². The second kappa shape index (κ2) is 19.8.